The maximum atomic E-state index is 5.70. The van der Waals surface area contributed by atoms with Gasteiger partial charge in [0, 0.05) is 24.0 Å². The summed E-state index contributed by atoms with van der Waals surface area (Å²) in [5.74, 6) is 0.875. The summed E-state index contributed by atoms with van der Waals surface area (Å²) < 4.78 is 5.70. The Morgan fingerprint density at radius 3 is 1.88 bits per heavy atom. The molecule has 0 rings (SSSR count). The maximum absolute atomic E-state index is 5.70. The summed E-state index contributed by atoms with van der Waals surface area (Å²) in [6, 6.07) is 1.12. The van der Waals surface area contributed by atoms with Crippen LogP contribution in [0, 0.1) is 5.41 Å². The van der Waals surface area contributed by atoms with Gasteiger partial charge < -0.3 is 4.74 Å². The van der Waals surface area contributed by atoms with E-state index in [9.17, 15) is 0 Å². The zero-order valence-electron chi connectivity index (χ0n) is 12.1. The second kappa shape index (κ2) is 6.29. The predicted molar refractivity (Wildman–Crippen MR) is 71.5 cm³/mol. The van der Waals surface area contributed by atoms with Crippen LogP contribution in [0.2, 0.25) is 0 Å². The zero-order chi connectivity index (χ0) is 12.9. The SMILES string of the molecule is C=C(OCCN(C(C)C)C(C)C)C(C)(C)C. The van der Waals surface area contributed by atoms with Gasteiger partial charge in [-0.2, -0.15) is 0 Å². The van der Waals surface area contributed by atoms with Crippen LogP contribution in [0.15, 0.2) is 12.3 Å². The Kier molecular flexibility index (Phi) is 6.09. The van der Waals surface area contributed by atoms with Gasteiger partial charge >= 0.3 is 0 Å². The van der Waals surface area contributed by atoms with Crippen LogP contribution in [0.25, 0.3) is 0 Å². The molecule has 0 amide bonds. The van der Waals surface area contributed by atoms with Crippen molar-refractivity contribution in [2.24, 2.45) is 5.41 Å². The highest BCUT2D eigenvalue weighted by molar-refractivity contribution is 4.95. The fraction of sp³-hybridized carbons (Fsp3) is 0.857. The van der Waals surface area contributed by atoms with Crippen LogP contribution in [0.3, 0.4) is 0 Å². The molecular weight excluding hydrogens is 198 g/mol. The molecule has 0 aromatic carbocycles. The standard InChI is InChI=1S/C14H29NO/c1-11(2)15(12(3)4)9-10-16-13(5)14(6,7)8/h11-12H,5,9-10H2,1-4,6-8H3. The molecular formula is C14H29NO. The van der Waals surface area contributed by atoms with Crippen molar-refractivity contribution < 1.29 is 4.74 Å². The normalized spacial score (nSPS) is 12.6. The molecule has 0 bridgehead atoms. The highest BCUT2D eigenvalue weighted by Gasteiger charge is 2.17. The van der Waals surface area contributed by atoms with E-state index in [4.69, 9.17) is 4.74 Å². The molecule has 0 heterocycles. The largest absolute Gasteiger partial charge is 0.497 e. The molecule has 0 atom stereocenters. The molecule has 0 aromatic heterocycles. The van der Waals surface area contributed by atoms with Crippen LogP contribution in [0.4, 0.5) is 0 Å². The van der Waals surface area contributed by atoms with Gasteiger partial charge in [0.05, 0.1) is 5.76 Å². The van der Waals surface area contributed by atoms with Crippen LogP contribution in [0.1, 0.15) is 48.5 Å². The Bertz CT molecular complexity index is 205. The molecule has 0 aliphatic carbocycles. The van der Waals surface area contributed by atoms with Crippen molar-refractivity contribution in [2.75, 3.05) is 13.2 Å². The molecule has 0 aliphatic heterocycles. The average Bonchev–Trinajstić information content (AvgIpc) is 2.08. The van der Waals surface area contributed by atoms with Gasteiger partial charge in [0.25, 0.3) is 0 Å². The van der Waals surface area contributed by atoms with Crippen LogP contribution in [-0.4, -0.2) is 30.1 Å². The van der Waals surface area contributed by atoms with E-state index in [1.54, 1.807) is 0 Å². The topological polar surface area (TPSA) is 12.5 Å². The van der Waals surface area contributed by atoms with Crippen LogP contribution in [-0.2, 0) is 4.74 Å². The third kappa shape index (κ3) is 5.55. The Balaban J connectivity index is 4.01. The Morgan fingerprint density at radius 2 is 1.56 bits per heavy atom. The van der Waals surface area contributed by atoms with Gasteiger partial charge in [0.2, 0.25) is 0 Å². The van der Waals surface area contributed by atoms with E-state index >= 15 is 0 Å². The molecule has 2 nitrogen and oxygen atoms in total. The van der Waals surface area contributed by atoms with Crippen LogP contribution in [0.5, 0.6) is 0 Å². The predicted octanol–water partition coefficient (Wildman–Crippen LogP) is 3.68. The van der Waals surface area contributed by atoms with E-state index < -0.39 is 0 Å². The van der Waals surface area contributed by atoms with Crippen molar-refractivity contribution in [3.63, 3.8) is 0 Å². The highest BCUT2D eigenvalue weighted by atomic mass is 16.5. The van der Waals surface area contributed by atoms with E-state index in [1.165, 1.54) is 0 Å². The number of hydrogen-bond acceptors (Lipinski definition) is 2. The zero-order valence-corrected chi connectivity index (χ0v) is 12.1. The van der Waals surface area contributed by atoms with E-state index in [0.717, 1.165) is 18.9 Å². The third-order valence-corrected chi connectivity index (χ3v) is 2.79. The number of nitrogens with zero attached hydrogens (tertiary/aromatic N) is 1. The minimum absolute atomic E-state index is 0.0422. The lowest BCUT2D eigenvalue weighted by Gasteiger charge is -2.31. The van der Waals surface area contributed by atoms with E-state index in [1.807, 2.05) is 0 Å². The summed E-state index contributed by atoms with van der Waals surface area (Å²) >= 11 is 0. The van der Waals surface area contributed by atoms with E-state index in [-0.39, 0.29) is 5.41 Å². The second-order valence-electron chi connectivity index (χ2n) is 5.95. The Morgan fingerprint density at radius 1 is 1.12 bits per heavy atom. The molecule has 0 radical (unpaired) electrons. The lowest BCUT2D eigenvalue weighted by atomic mass is 9.95. The van der Waals surface area contributed by atoms with Crippen molar-refractivity contribution in [1.82, 2.24) is 4.90 Å². The van der Waals surface area contributed by atoms with Gasteiger partial charge in [-0.05, 0) is 27.7 Å². The monoisotopic (exact) mass is 227 g/mol. The number of rotatable bonds is 6. The summed E-state index contributed by atoms with van der Waals surface area (Å²) in [5, 5.41) is 0. The first-order valence-electron chi connectivity index (χ1n) is 6.24. The maximum Gasteiger partial charge on any atom is 0.100 e. The molecule has 0 aromatic rings. The summed E-state index contributed by atoms with van der Waals surface area (Å²) in [4.78, 5) is 2.43. The van der Waals surface area contributed by atoms with Crippen molar-refractivity contribution >= 4 is 0 Å². The molecule has 0 N–H and O–H groups in total. The molecule has 16 heavy (non-hydrogen) atoms. The molecule has 0 saturated heterocycles. The highest BCUT2D eigenvalue weighted by Crippen LogP contribution is 2.24. The molecule has 0 fully saturated rings. The smallest absolute Gasteiger partial charge is 0.100 e. The van der Waals surface area contributed by atoms with Gasteiger partial charge in [-0.3, -0.25) is 4.90 Å². The van der Waals surface area contributed by atoms with Crippen molar-refractivity contribution in [2.45, 2.75) is 60.5 Å². The average molecular weight is 227 g/mol. The molecule has 0 spiro atoms. The first-order chi connectivity index (χ1) is 7.16. The quantitative estimate of drug-likeness (QED) is 0.642. The first-order valence-corrected chi connectivity index (χ1v) is 6.24. The molecule has 0 unspecified atom stereocenters. The fourth-order valence-electron chi connectivity index (χ4n) is 1.60. The van der Waals surface area contributed by atoms with Gasteiger partial charge in [0.1, 0.15) is 6.61 Å². The lowest BCUT2D eigenvalue weighted by molar-refractivity contribution is 0.0929. The van der Waals surface area contributed by atoms with Crippen molar-refractivity contribution in [1.29, 1.82) is 0 Å². The number of allylic oxidation sites excluding steroid dienone is 1. The van der Waals surface area contributed by atoms with Gasteiger partial charge in [-0.25, -0.2) is 0 Å². The molecule has 2 heteroatoms. The third-order valence-electron chi connectivity index (χ3n) is 2.79. The minimum atomic E-state index is 0.0422. The summed E-state index contributed by atoms with van der Waals surface area (Å²) in [6.07, 6.45) is 0. The van der Waals surface area contributed by atoms with Crippen molar-refractivity contribution in [3.8, 4) is 0 Å². The van der Waals surface area contributed by atoms with E-state index in [0.29, 0.717) is 12.1 Å². The first kappa shape index (κ1) is 15.5. The summed E-state index contributed by atoms with van der Waals surface area (Å²) in [5.41, 5.74) is 0.0422. The molecule has 0 saturated carbocycles. The molecule has 0 aliphatic rings. The van der Waals surface area contributed by atoms with Crippen molar-refractivity contribution in [3.05, 3.63) is 12.3 Å². The lowest BCUT2D eigenvalue weighted by Crippen LogP contribution is -2.39. The Labute approximate surface area is 102 Å². The summed E-state index contributed by atoms with van der Waals surface area (Å²) in [7, 11) is 0. The van der Waals surface area contributed by atoms with Crippen LogP contribution >= 0.6 is 0 Å². The van der Waals surface area contributed by atoms with Crippen LogP contribution < -0.4 is 0 Å². The minimum Gasteiger partial charge on any atom is -0.497 e. The molecule has 96 valence electrons. The van der Waals surface area contributed by atoms with Gasteiger partial charge in [-0.15, -0.1) is 0 Å². The van der Waals surface area contributed by atoms with Gasteiger partial charge in [-0.1, -0.05) is 27.4 Å². The second-order valence-corrected chi connectivity index (χ2v) is 5.95. The number of hydrogen-bond donors (Lipinski definition) is 0. The Hall–Kier alpha value is -0.500. The summed E-state index contributed by atoms with van der Waals surface area (Å²) in [6.45, 7) is 20.9. The van der Waals surface area contributed by atoms with Gasteiger partial charge in [0.15, 0.2) is 0 Å². The van der Waals surface area contributed by atoms with E-state index in [2.05, 4.69) is 59.9 Å². The fourth-order valence-corrected chi connectivity index (χ4v) is 1.60. The number of ether oxygens (including phenoxy) is 1.